The summed E-state index contributed by atoms with van der Waals surface area (Å²) in [4.78, 5) is 35.4. The Morgan fingerprint density at radius 3 is 2.65 bits per heavy atom. The summed E-state index contributed by atoms with van der Waals surface area (Å²) in [5.74, 6) is 6.45. The molecule has 0 saturated carbocycles. The zero-order valence-electron chi connectivity index (χ0n) is 25.1. The number of benzene rings is 3. The molecule has 1 aliphatic rings. The van der Waals surface area contributed by atoms with Crippen LogP contribution in [-0.2, 0) is 4.79 Å². The Kier molecular flexibility index (Phi) is 9.77. The fourth-order valence-corrected chi connectivity index (χ4v) is 5.45. The van der Waals surface area contributed by atoms with Crippen molar-refractivity contribution in [3.63, 3.8) is 0 Å². The summed E-state index contributed by atoms with van der Waals surface area (Å²) in [6.45, 7) is 6.33. The third-order valence-corrected chi connectivity index (χ3v) is 7.64. The molecule has 0 unspecified atom stereocenters. The highest BCUT2D eigenvalue weighted by molar-refractivity contribution is 8.15. The van der Waals surface area contributed by atoms with Crippen molar-refractivity contribution in [2.24, 2.45) is 4.99 Å². The third kappa shape index (κ3) is 8.13. The van der Waals surface area contributed by atoms with Crippen molar-refractivity contribution in [3.05, 3.63) is 89.7 Å². The van der Waals surface area contributed by atoms with Crippen LogP contribution in [0.1, 0.15) is 42.9 Å². The molecule has 0 aliphatic carbocycles. The summed E-state index contributed by atoms with van der Waals surface area (Å²) in [7, 11) is 0. The van der Waals surface area contributed by atoms with Crippen LogP contribution in [0.5, 0.6) is 5.75 Å². The van der Waals surface area contributed by atoms with Gasteiger partial charge in [-0.1, -0.05) is 61.7 Å². The molecule has 5 rings (SSSR count). The Hall–Kier alpha value is -5.09. The van der Waals surface area contributed by atoms with E-state index in [1.165, 1.54) is 51.9 Å². The average molecular weight is 647 g/mol. The smallest absolute Gasteiger partial charge is 0.406 e. The summed E-state index contributed by atoms with van der Waals surface area (Å²) in [6.07, 6.45) is -2.94. The lowest BCUT2D eigenvalue weighted by molar-refractivity contribution is -0.274. The molecular weight excluding hydrogens is 617 g/mol. The number of urea groups is 1. The van der Waals surface area contributed by atoms with E-state index in [0.29, 0.717) is 34.2 Å². The Balaban J connectivity index is 1.18. The van der Waals surface area contributed by atoms with Crippen LogP contribution in [0, 0.1) is 18.8 Å². The highest BCUT2D eigenvalue weighted by Gasteiger charge is 2.33. The van der Waals surface area contributed by atoms with Crippen molar-refractivity contribution in [1.29, 1.82) is 0 Å². The number of hydrogen-bond acceptors (Lipinski definition) is 6. The minimum absolute atomic E-state index is 0.118. The van der Waals surface area contributed by atoms with Gasteiger partial charge in [-0.2, -0.15) is 4.99 Å². The first-order valence-electron chi connectivity index (χ1n) is 14.3. The van der Waals surface area contributed by atoms with Gasteiger partial charge in [0.1, 0.15) is 12.1 Å². The van der Waals surface area contributed by atoms with E-state index in [2.05, 4.69) is 50.8 Å². The summed E-state index contributed by atoms with van der Waals surface area (Å²) in [5, 5.41) is 7.51. The van der Waals surface area contributed by atoms with Crippen molar-refractivity contribution in [2.75, 3.05) is 17.2 Å². The second-order valence-corrected chi connectivity index (χ2v) is 11.5. The molecule has 0 atom stereocenters. The number of carbonyl (C=O) groups excluding carboxylic acids is 2. The van der Waals surface area contributed by atoms with Crippen LogP contribution in [0.25, 0.3) is 17.1 Å². The molecule has 1 aliphatic heterocycles. The molecule has 236 valence electrons. The number of hydrogen-bond donors (Lipinski definition) is 1. The molecule has 0 radical (unpaired) electrons. The summed E-state index contributed by atoms with van der Waals surface area (Å²) in [5.41, 5.74) is 4.69. The van der Waals surface area contributed by atoms with E-state index in [1.54, 1.807) is 0 Å². The van der Waals surface area contributed by atoms with Gasteiger partial charge < -0.3 is 10.1 Å². The molecule has 1 saturated heterocycles. The van der Waals surface area contributed by atoms with Crippen LogP contribution in [-0.4, -0.2) is 50.5 Å². The number of amides is 3. The second kappa shape index (κ2) is 13.9. The van der Waals surface area contributed by atoms with Crippen molar-refractivity contribution < 1.29 is 27.5 Å². The topological polar surface area (TPSA) is 102 Å². The predicted molar refractivity (Wildman–Crippen MR) is 171 cm³/mol. The maximum absolute atomic E-state index is 12.7. The van der Waals surface area contributed by atoms with Crippen molar-refractivity contribution in [1.82, 2.24) is 20.1 Å². The number of aliphatic imine (C=N–C) groups is 1. The lowest BCUT2D eigenvalue weighted by atomic mass is 9.99. The van der Waals surface area contributed by atoms with Gasteiger partial charge in [0.2, 0.25) is 5.91 Å². The molecule has 13 heteroatoms. The number of nitrogens with zero attached hydrogens (tertiary/aromatic N) is 5. The molecule has 0 spiro atoms. The minimum atomic E-state index is -4.77. The monoisotopic (exact) mass is 646 g/mol. The number of ether oxygens (including phenoxy) is 1. The van der Waals surface area contributed by atoms with Gasteiger partial charge >= 0.3 is 12.4 Å². The van der Waals surface area contributed by atoms with Gasteiger partial charge in [-0.15, -0.1) is 18.3 Å². The number of aromatic nitrogens is 3. The predicted octanol–water partition coefficient (Wildman–Crippen LogP) is 6.85. The zero-order valence-corrected chi connectivity index (χ0v) is 25.9. The molecule has 9 nitrogen and oxygen atoms in total. The summed E-state index contributed by atoms with van der Waals surface area (Å²) < 4.78 is 42.6. The molecular formula is C33H29F3N6O3S. The van der Waals surface area contributed by atoms with Crippen LogP contribution >= 0.6 is 11.8 Å². The number of nitrogens with one attached hydrogen (secondary N) is 1. The van der Waals surface area contributed by atoms with Gasteiger partial charge in [-0.05, 0) is 66.4 Å². The lowest BCUT2D eigenvalue weighted by Gasteiger charge is -2.22. The van der Waals surface area contributed by atoms with Gasteiger partial charge in [-0.25, -0.2) is 14.5 Å². The van der Waals surface area contributed by atoms with Gasteiger partial charge in [-0.3, -0.25) is 9.69 Å². The zero-order chi connectivity index (χ0) is 32.8. The molecule has 4 aromatic rings. The Morgan fingerprint density at radius 1 is 1.13 bits per heavy atom. The van der Waals surface area contributed by atoms with Crippen molar-refractivity contribution in [2.45, 2.75) is 39.5 Å². The first-order chi connectivity index (χ1) is 22.0. The number of thioether (sulfide) groups is 1. The summed E-state index contributed by atoms with van der Waals surface area (Å²) >= 11 is 1.23. The number of aryl methyl sites for hydroxylation is 1. The van der Waals surface area contributed by atoms with Crippen molar-refractivity contribution >= 4 is 34.6 Å². The van der Waals surface area contributed by atoms with Crippen LogP contribution in [0.15, 0.2) is 78.0 Å². The number of anilines is 1. The van der Waals surface area contributed by atoms with Gasteiger partial charge in [0, 0.05) is 24.1 Å². The number of alkyl halides is 3. The van der Waals surface area contributed by atoms with E-state index in [-0.39, 0.29) is 29.9 Å². The van der Waals surface area contributed by atoms with Crippen LogP contribution in [0.2, 0.25) is 0 Å². The van der Waals surface area contributed by atoms with E-state index in [0.717, 1.165) is 16.8 Å². The molecule has 1 aromatic heterocycles. The molecule has 1 fully saturated rings. The van der Waals surface area contributed by atoms with Crippen molar-refractivity contribution in [3.8, 4) is 34.7 Å². The number of halogens is 3. The van der Waals surface area contributed by atoms with Gasteiger partial charge in [0.25, 0.3) is 0 Å². The van der Waals surface area contributed by atoms with Crippen LogP contribution in [0.3, 0.4) is 0 Å². The quantitative estimate of drug-likeness (QED) is 0.174. The third-order valence-electron chi connectivity index (χ3n) is 6.72. The molecule has 3 amide bonds. The normalized spacial score (nSPS) is 14.0. The van der Waals surface area contributed by atoms with E-state index in [1.807, 2.05) is 49.4 Å². The largest absolute Gasteiger partial charge is 0.573 e. The molecule has 2 heterocycles. The van der Waals surface area contributed by atoms with E-state index >= 15 is 0 Å². The molecule has 3 aromatic carbocycles. The minimum Gasteiger partial charge on any atom is -0.406 e. The van der Waals surface area contributed by atoms with E-state index in [4.69, 9.17) is 0 Å². The standard InChI is InChI=1S/C33H29F3N6O3S/c1-21(2)27-15-10-22(3)17-28(27)42-29(43)19-46-32(42)39-31(44)37-16-5-4-7-23-8-6-9-24(18-23)30-38-20-41(40-30)25-11-13-26(14-12-25)45-33(34,35)36/h6,8-15,17-18,20-21H,5,16,19H2,1-3H3,(H,37,44). The Bertz CT molecular complexity index is 1840. The fraction of sp³-hybridized carbons (Fsp3) is 0.242. The number of amidine groups is 1. The first-order valence-corrected chi connectivity index (χ1v) is 15.3. The first kappa shape index (κ1) is 32.3. The summed E-state index contributed by atoms with van der Waals surface area (Å²) in [6, 6.07) is 18.0. The Labute approximate surface area is 267 Å². The lowest BCUT2D eigenvalue weighted by Crippen LogP contribution is -2.32. The molecule has 0 bridgehead atoms. The number of rotatable bonds is 7. The van der Waals surface area contributed by atoms with Gasteiger partial charge in [0.05, 0.1) is 17.1 Å². The van der Waals surface area contributed by atoms with Gasteiger partial charge in [0.15, 0.2) is 11.0 Å². The maximum Gasteiger partial charge on any atom is 0.573 e. The van der Waals surface area contributed by atoms with E-state index in [9.17, 15) is 22.8 Å². The number of carbonyl (C=O) groups is 2. The maximum atomic E-state index is 12.7. The highest BCUT2D eigenvalue weighted by atomic mass is 32.2. The average Bonchev–Trinajstić information content (AvgIpc) is 3.63. The second-order valence-electron chi connectivity index (χ2n) is 10.5. The SMILES string of the molecule is Cc1ccc(C(C)C)c(N2C(=O)CSC2=NC(=O)NCCC#Cc2cccc(-c3ncn(-c4ccc(OC(F)(F)F)cc4)n3)c2)c1. The van der Waals surface area contributed by atoms with Crippen LogP contribution < -0.4 is 15.0 Å². The molecule has 1 N–H and O–H groups in total. The fourth-order valence-electron chi connectivity index (χ4n) is 4.60. The highest BCUT2D eigenvalue weighted by Crippen LogP contribution is 2.34. The van der Waals surface area contributed by atoms with Crippen LogP contribution in [0.4, 0.5) is 23.7 Å². The molecule has 46 heavy (non-hydrogen) atoms. The van der Waals surface area contributed by atoms with E-state index < -0.39 is 12.4 Å². The Morgan fingerprint density at radius 2 is 1.91 bits per heavy atom.